The molecule has 4 aromatic rings. The van der Waals surface area contributed by atoms with Crippen LogP contribution >= 0.6 is 11.3 Å². The van der Waals surface area contributed by atoms with E-state index in [0.717, 1.165) is 22.2 Å². The van der Waals surface area contributed by atoms with Gasteiger partial charge in [0, 0.05) is 28.6 Å². The highest BCUT2D eigenvalue weighted by Crippen LogP contribution is 2.23. The van der Waals surface area contributed by atoms with Crippen molar-refractivity contribution >= 4 is 50.6 Å². The van der Waals surface area contributed by atoms with Crippen LogP contribution in [-0.2, 0) is 11.2 Å². The summed E-state index contributed by atoms with van der Waals surface area (Å²) in [4.78, 5) is 28.8. The maximum Gasteiger partial charge on any atom is 0.325 e. The van der Waals surface area contributed by atoms with Crippen LogP contribution in [0.3, 0.4) is 0 Å². The topological polar surface area (TPSA) is 83.1 Å². The summed E-state index contributed by atoms with van der Waals surface area (Å²) in [6.07, 6.45) is 0.803. The minimum atomic E-state index is -0.351. The molecule has 0 fully saturated rings. The van der Waals surface area contributed by atoms with Gasteiger partial charge in [-0.25, -0.2) is 9.78 Å². The van der Waals surface area contributed by atoms with Crippen LogP contribution in [0.25, 0.3) is 10.8 Å². The Hall–Kier alpha value is -3.71. The van der Waals surface area contributed by atoms with Gasteiger partial charge < -0.3 is 10.6 Å². The molecule has 0 aliphatic rings. The number of carbonyl (C=O) groups is 2. The monoisotopic (exact) mass is 416 g/mol. The first kappa shape index (κ1) is 19.6. The Kier molecular flexibility index (Phi) is 6.01. The second kappa shape index (κ2) is 9.19. The van der Waals surface area contributed by atoms with Crippen LogP contribution in [0.1, 0.15) is 12.1 Å². The largest absolute Gasteiger partial charge is 0.326 e. The third-order valence-electron chi connectivity index (χ3n) is 4.48. The third kappa shape index (κ3) is 5.01. The molecule has 30 heavy (non-hydrogen) atoms. The lowest BCUT2D eigenvalue weighted by atomic mass is 10.1. The highest BCUT2D eigenvalue weighted by molar-refractivity contribution is 7.13. The Bertz CT molecular complexity index is 1170. The van der Waals surface area contributed by atoms with Gasteiger partial charge in [0.2, 0.25) is 5.91 Å². The molecule has 6 nitrogen and oxygen atoms in total. The van der Waals surface area contributed by atoms with Crippen molar-refractivity contribution in [1.82, 2.24) is 4.98 Å². The number of anilines is 3. The second-order valence-corrected chi connectivity index (χ2v) is 7.52. The zero-order chi connectivity index (χ0) is 20.8. The lowest BCUT2D eigenvalue weighted by Gasteiger charge is -2.08. The fourth-order valence-corrected chi connectivity index (χ4v) is 3.79. The number of rotatable bonds is 6. The molecule has 7 heteroatoms. The molecule has 0 unspecified atom stereocenters. The number of fused-ring (bicyclic) bond motifs is 1. The number of urea groups is 1. The molecule has 0 saturated heterocycles. The van der Waals surface area contributed by atoms with Gasteiger partial charge in [0.15, 0.2) is 5.13 Å². The van der Waals surface area contributed by atoms with Gasteiger partial charge in [-0.15, -0.1) is 11.3 Å². The molecule has 0 bridgehead atoms. The van der Waals surface area contributed by atoms with E-state index in [1.54, 1.807) is 12.1 Å². The molecule has 3 aromatic carbocycles. The predicted molar refractivity (Wildman–Crippen MR) is 122 cm³/mol. The van der Waals surface area contributed by atoms with E-state index < -0.39 is 0 Å². The van der Waals surface area contributed by atoms with Gasteiger partial charge >= 0.3 is 6.03 Å². The first-order chi connectivity index (χ1) is 14.7. The maximum absolute atomic E-state index is 12.4. The average molecular weight is 417 g/mol. The lowest BCUT2D eigenvalue weighted by Crippen LogP contribution is -2.19. The minimum Gasteiger partial charge on any atom is -0.326 e. The number of aryl methyl sites for hydroxylation is 1. The fraction of sp³-hybridized carbons (Fsp3) is 0.0870. The van der Waals surface area contributed by atoms with E-state index in [4.69, 9.17) is 0 Å². The molecule has 0 aliphatic heterocycles. The van der Waals surface area contributed by atoms with Crippen LogP contribution in [0.2, 0.25) is 0 Å². The van der Waals surface area contributed by atoms with Crippen LogP contribution < -0.4 is 16.0 Å². The van der Waals surface area contributed by atoms with Gasteiger partial charge in [-0.2, -0.15) is 0 Å². The van der Waals surface area contributed by atoms with Gasteiger partial charge in [-0.05, 0) is 30.0 Å². The number of hydrogen-bond acceptors (Lipinski definition) is 4. The Morgan fingerprint density at radius 2 is 1.60 bits per heavy atom. The van der Waals surface area contributed by atoms with E-state index in [2.05, 4.69) is 20.9 Å². The zero-order valence-electron chi connectivity index (χ0n) is 16.1. The van der Waals surface area contributed by atoms with E-state index in [0.29, 0.717) is 23.7 Å². The van der Waals surface area contributed by atoms with E-state index in [9.17, 15) is 9.59 Å². The first-order valence-corrected chi connectivity index (χ1v) is 10.4. The fourth-order valence-electron chi connectivity index (χ4n) is 3.05. The van der Waals surface area contributed by atoms with Gasteiger partial charge in [0.1, 0.15) is 0 Å². The van der Waals surface area contributed by atoms with Crippen LogP contribution in [0.15, 0.2) is 78.2 Å². The van der Waals surface area contributed by atoms with Crippen molar-refractivity contribution in [2.45, 2.75) is 12.8 Å². The highest BCUT2D eigenvalue weighted by Gasteiger charge is 2.10. The van der Waals surface area contributed by atoms with E-state index in [1.807, 2.05) is 66.0 Å². The van der Waals surface area contributed by atoms with Gasteiger partial charge in [0.05, 0.1) is 5.69 Å². The lowest BCUT2D eigenvalue weighted by molar-refractivity contribution is -0.116. The molecule has 3 amide bonds. The molecule has 0 saturated carbocycles. The Balaban J connectivity index is 1.29. The molecule has 150 valence electrons. The molecule has 3 N–H and O–H groups in total. The minimum absolute atomic E-state index is 0.0734. The quantitative estimate of drug-likeness (QED) is 0.387. The molecule has 0 spiro atoms. The summed E-state index contributed by atoms with van der Waals surface area (Å²) in [6, 6.07) is 22.6. The molecule has 0 radical (unpaired) electrons. The highest BCUT2D eigenvalue weighted by atomic mass is 32.1. The Labute approximate surface area is 178 Å². The van der Waals surface area contributed by atoms with Crippen molar-refractivity contribution < 1.29 is 9.59 Å². The number of nitrogens with one attached hydrogen (secondary N) is 3. The number of hydrogen-bond donors (Lipinski definition) is 3. The van der Waals surface area contributed by atoms with E-state index in [1.165, 1.54) is 11.3 Å². The number of carbonyl (C=O) groups excluding carboxylic acids is 2. The molecule has 0 aliphatic carbocycles. The van der Waals surface area contributed by atoms with Crippen LogP contribution in [0, 0.1) is 0 Å². The van der Waals surface area contributed by atoms with Crippen molar-refractivity contribution in [1.29, 1.82) is 0 Å². The second-order valence-electron chi connectivity index (χ2n) is 6.66. The average Bonchev–Trinajstić information content (AvgIpc) is 3.20. The molecule has 4 rings (SSSR count). The van der Waals surface area contributed by atoms with Crippen molar-refractivity contribution in [3.05, 3.63) is 83.9 Å². The first-order valence-electron chi connectivity index (χ1n) is 9.52. The van der Waals surface area contributed by atoms with Gasteiger partial charge in [0.25, 0.3) is 0 Å². The molecular formula is C23H20N4O2S. The van der Waals surface area contributed by atoms with Crippen molar-refractivity contribution in [2.75, 3.05) is 16.0 Å². The Morgan fingerprint density at radius 3 is 2.47 bits per heavy atom. The number of para-hydroxylation sites is 1. The summed E-state index contributed by atoms with van der Waals surface area (Å²) in [5.74, 6) is -0.0734. The summed E-state index contributed by atoms with van der Waals surface area (Å²) < 4.78 is 0. The summed E-state index contributed by atoms with van der Waals surface area (Å²) >= 11 is 1.33. The Morgan fingerprint density at radius 1 is 0.833 bits per heavy atom. The van der Waals surface area contributed by atoms with Crippen molar-refractivity contribution in [3.63, 3.8) is 0 Å². The zero-order valence-corrected chi connectivity index (χ0v) is 16.9. The molecule has 1 aromatic heterocycles. The normalized spacial score (nSPS) is 10.5. The van der Waals surface area contributed by atoms with Crippen LogP contribution in [-0.4, -0.2) is 16.9 Å². The number of benzene rings is 3. The van der Waals surface area contributed by atoms with Crippen molar-refractivity contribution in [2.24, 2.45) is 0 Å². The van der Waals surface area contributed by atoms with Crippen LogP contribution in [0.4, 0.5) is 21.3 Å². The summed E-state index contributed by atoms with van der Waals surface area (Å²) in [7, 11) is 0. The predicted octanol–water partition coefficient (Wildman–Crippen LogP) is 5.51. The molecule has 1 heterocycles. The summed E-state index contributed by atoms with van der Waals surface area (Å²) in [5, 5.41) is 12.9. The standard InChI is InChI=1S/C23H20N4O2S/c28-21(26-20-12-6-8-16-7-4-5-11-19(16)20)14-13-18-15-30-23(25-18)27-22(29)24-17-9-2-1-3-10-17/h1-12,15H,13-14H2,(H,26,28)(H2,24,25,27,29). The third-order valence-corrected chi connectivity index (χ3v) is 5.28. The SMILES string of the molecule is O=C(CCc1csc(NC(=O)Nc2ccccc2)n1)Nc1cccc2ccccc12. The van der Waals surface area contributed by atoms with Gasteiger partial charge in [-0.1, -0.05) is 54.6 Å². The van der Waals surface area contributed by atoms with Crippen molar-refractivity contribution in [3.8, 4) is 0 Å². The molecule has 0 atom stereocenters. The smallest absolute Gasteiger partial charge is 0.325 e. The van der Waals surface area contributed by atoms with E-state index in [-0.39, 0.29) is 11.9 Å². The number of aromatic nitrogens is 1. The van der Waals surface area contributed by atoms with Gasteiger partial charge in [-0.3, -0.25) is 10.1 Å². The van der Waals surface area contributed by atoms with E-state index >= 15 is 0 Å². The number of thiazole rings is 1. The number of amides is 3. The number of nitrogens with zero attached hydrogens (tertiary/aromatic N) is 1. The molecular weight excluding hydrogens is 396 g/mol. The summed E-state index contributed by atoms with van der Waals surface area (Å²) in [5.41, 5.74) is 2.27. The maximum atomic E-state index is 12.4. The summed E-state index contributed by atoms with van der Waals surface area (Å²) in [6.45, 7) is 0. The van der Waals surface area contributed by atoms with Crippen LogP contribution in [0.5, 0.6) is 0 Å².